The molecule has 0 bridgehead atoms. The maximum absolute atomic E-state index is 12.1. The van der Waals surface area contributed by atoms with E-state index in [4.69, 9.17) is 14.2 Å². The summed E-state index contributed by atoms with van der Waals surface area (Å²) in [6, 6.07) is 13.2. The van der Waals surface area contributed by atoms with Gasteiger partial charge in [-0.05, 0) is 55.5 Å². The first-order chi connectivity index (χ1) is 11.5. The van der Waals surface area contributed by atoms with Gasteiger partial charge in [-0.1, -0.05) is 0 Å². The largest absolute Gasteiger partial charge is 0.497 e. The summed E-state index contributed by atoms with van der Waals surface area (Å²) in [6.45, 7) is 1.56. The first-order valence-corrected chi connectivity index (χ1v) is 7.26. The van der Waals surface area contributed by atoms with Crippen LogP contribution < -0.4 is 9.47 Å². The van der Waals surface area contributed by atoms with E-state index < -0.39 is 5.97 Å². The van der Waals surface area contributed by atoms with Gasteiger partial charge < -0.3 is 14.2 Å². The zero-order chi connectivity index (χ0) is 17.5. The zero-order valence-corrected chi connectivity index (χ0v) is 13.7. The lowest BCUT2D eigenvalue weighted by Crippen LogP contribution is -2.05. The Morgan fingerprint density at radius 2 is 1.25 bits per heavy atom. The van der Waals surface area contributed by atoms with Crippen LogP contribution in [0.25, 0.3) is 0 Å². The van der Waals surface area contributed by atoms with E-state index in [0.717, 1.165) is 0 Å². The first-order valence-electron chi connectivity index (χ1n) is 7.26. The molecule has 24 heavy (non-hydrogen) atoms. The fraction of sp³-hybridized carbons (Fsp3) is 0.158. The van der Waals surface area contributed by atoms with Crippen molar-refractivity contribution in [3.05, 3.63) is 71.5 Å². The Balaban J connectivity index is 2.03. The number of allylic oxidation sites excluding steroid dienone is 2. The second kappa shape index (κ2) is 7.97. The molecule has 5 heteroatoms. The SMILES string of the molecule is COc1ccc(C(=O)/C=C(\C)OC(=O)c2ccc(OC)cc2)cc1. The van der Waals surface area contributed by atoms with Gasteiger partial charge in [0.15, 0.2) is 5.78 Å². The van der Waals surface area contributed by atoms with Crippen LogP contribution >= 0.6 is 0 Å². The van der Waals surface area contributed by atoms with Gasteiger partial charge in [0.1, 0.15) is 17.3 Å². The molecule has 0 heterocycles. The molecule has 0 unspecified atom stereocenters. The Morgan fingerprint density at radius 3 is 1.71 bits per heavy atom. The number of methoxy groups -OCH3 is 2. The van der Waals surface area contributed by atoms with Crippen molar-refractivity contribution < 1.29 is 23.8 Å². The van der Waals surface area contributed by atoms with Gasteiger partial charge in [0.2, 0.25) is 0 Å². The standard InChI is InChI=1S/C19H18O5/c1-13(12-18(20)14-4-8-16(22-2)9-5-14)24-19(21)15-6-10-17(23-3)11-7-15/h4-12H,1-3H3/b13-12+. The highest BCUT2D eigenvalue weighted by atomic mass is 16.5. The molecule has 0 aliphatic carbocycles. The second-order valence-electron chi connectivity index (χ2n) is 4.97. The van der Waals surface area contributed by atoms with Crippen molar-refractivity contribution >= 4 is 11.8 Å². The summed E-state index contributed by atoms with van der Waals surface area (Å²) in [5.74, 6) is 0.745. The number of hydrogen-bond acceptors (Lipinski definition) is 5. The summed E-state index contributed by atoms with van der Waals surface area (Å²) >= 11 is 0. The highest BCUT2D eigenvalue weighted by Crippen LogP contribution is 2.15. The van der Waals surface area contributed by atoms with Crippen LogP contribution in [0.1, 0.15) is 27.6 Å². The van der Waals surface area contributed by atoms with Gasteiger partial charge in [0.05, 0.1) is 19.8 Å². The minimum Gasteiger partial charge on any atom is -0.497 e. The van der Waals surface area contributed by atoms with Crippen molar-refractivity contribution in [3.63, 3.8) is 0 Å². The van der Waals surface area contributed by atoms with Crippen LogP contribution in [0.4, 0.5) is 0 Å². The van der Waals surface area contributed by atoms with Crippen molar-refractivity contribution in [2.45, 2.75) is 6.92 Å². The van der Waals surface area contributed by atoms with E-state index in [1.807, 2.05) is 0 Å². The highest BCUT2D eigenvalue weighted by Gasteiger charge is 2.10. The van der Waals surface area contributed by atoms with Crippen LogP contribution in [-0.4, -0.2) is 26.0 Å². The fourth-order valence-electron chi connectivity index (χ4n) is 1.98. The predicted molar refractivity (Wildman–Crippen MR) is 89.5 cm³/mol. The monoisotopic (exact) mass is 326 g/mol. The molecule has 0 saturated carbocycles. The predicted octanol–water partition coefficient (Wildman–Crippen LogP) is 3.65. The fourth-order valence-corrected chi connectivity index (χ4v) is 1.98. The van der Waals surface area contributed by atoms with Crippen molar-refractivity contribution in [1.29, 1.82) is 0 Å². The molecule has 0 amide bonds. The Labute approximate surface area is 140 Å². The Kier molecular flexibility index (Phi) is 5.73. The molecule has 2 rings (SSSR count). The minimum atomic E-state index is -0.533. The number of rotatable bonds is 6. The van der Waals surface area contributed by atoms with Crippen LogP contribution in [0.3, 0.4) is 0 Å². The molecule has 5 nitrogen and oxygen atoms in total. The van der Waals surface area contributed by atoms with E-state index in [-0.39, 0.29) is 11.5 Å². The summed E-state index contributed by atoms with van der Waals surface area (Å²) < 4.78 is 15.3. The summed E-state index contributed by atoms with van der Waals surface area (Å²) in [5.41, 5.74) is 0.857. The van der Waals surface area contributed by atoms with E-state index in [2.05, 4.69) is 0 Å². The van der Waals surface area contributed by atoms with Gasteiger partial charge in [-0.25, -0.2) is 4.79 Å². The average Bonchev–Trinajstić information content (AvgIpc) is 2.61. The van der Waals surface area contributed by atoms with Gasteiger partial charge in [-0.2, -0.15) is 0 Å². The Morgan fingerprint density at radius 1 is 0.792 bits per heavy atom. The number of ether oxygens (including phenoxy) is 3. The lowest BCUT2D eigenvalue weighted by atomic mass is 10.1. The lowest BCUT2D eigenvalue weighted by molar-refractivity contribution is 0.0625. The summed E-state index contributed by atoms with van der Waals surface area (Å²) in [5, 5.41) is 0. The third kappa shape index (κ3) is 4.46. The number of hydrogen-bond donors (Lipinski definition) is 0. The molecule has 0 aliphatic rings. The van der Waals surface area contributed by atoms with Crippen molar-refractivity contribution in [3.8, 4) is 11.5 Å². The molecule has 0 N–H and O–H groups in total. The molecule has 0 spiro atoms. The number of carbonyl (C=O) groups is 2. The molecule has 124 valence electrons. The van der Waals surface area contributed by atoms with Gasteiger partial charge in [-0.15, -0.1) is 0 Å². The maximum atomic E-state index is 12.1. The quantitative estimate of drug-likeness (QED) is 0.351. The molecular weight excluding hydrogens is 308 g/mol. The van der Waals surface area contributed by atoms with E-state index in [9.17, 15) is 9.59 Å². The number of ketones is 1. The summed E-state index contributed by atoms with van der Waals surface area (Å²) in [7, 11) is 3.10. The lowest BCUT2D eigenvalue weighted by Gasteiger charge is -2.06. The van der Waals surface area contributed by atoms with Crippen LogP contribution in [0.5, 0.6) is 11.5 Å². The number of esters is 1. The zero-order valence-electron chi connectivity index (χ0n) is 13.7. The van der Waals surface area contributed by atoms with Gasteiger partial charge in [-0.3, -0.25) is 4.79 Å². The van der Waals surface area contributed by atoms with E-state index in [0.29, 0.717) is 22.6 Å². The third-order valence-electron chi connectivity index (χ3n) is 3.29. The Hall–Kier alpha value is -3.08. The van der Waals surface area contributed by atoms with E-state index >= 15 is 0 Å². The molecule has 0 aliphatic heterocycles. The number of benzene rings is 2. The summed E-state index contributed by atoms with van der Waals surface area (Å²) in [4.78, 5) is 24.2. The second-order valence-corrected chi connectivity index (χ2v) is 4.97. The molecule has 0 fully saturated rings. The first kappa shape index (κ1) is 17.3. The average molecular weight is 326 g/mol. The molecule has 2 aromatic carbocycles. The molecule has 0 atom stereocenters. The highest BCUT2D eigenvalue weighted by molar-refractivity contribution is 6.05. The van der Waals surface area contributed by atoms with Crippen LogP contribution in [0.15, 0.2) is 60.4 Å². The molecule has 0 saturated heterocycles. The van der Waals surface area contributed by atoms with Crippen molar-refractivity contribution in [1.82, 2.24) is 0 Å². The summed E-state index contributed by atoms with van der Waals surface area (Å²) in [6.07, 6.45) is 1.28. The molecule has 2 aromatic rings. The van der Waals surface area contributed by atoms with Crippen LogP contribution in [-0.2, 0) is 4.74 Å². The molecule has 0 radical (unpaired) electrons. The van der Waals surface area contributed by atoms with Crippen molar-refractivity contribution in [2.24, 2.45) is 0 Å². The Bertz CT molecular complexity index is 742. The normalized spacial score (nSPS) is 10.9. The van der Waals surface area contributed by atoms with E-state index in [1.54, 1.807) is 69.7 Å². The van der Waals surface area contributed by atoms with Gasteiger partial charge in [0, 0.05) is 11.6 Å². The van der Waals surface area contributed by atoms with Crippen molar-refractivity contribution in [2.75, 3.05) is 14.2 Å². The topological polar surface area (TPSA) is 61.8 Å². The molecular formula is C19H18O5. The number of carbonyl (C=O) groups excluding carboxylic acids is 2. The maximum Gasteiger partial charge on any atom is 0.343 e. The smallest absolute Gasteiger partial charge is 0.343 e. The minimum absolute atomic E-state index is 0.219. The third-order valence-corrected chi connectivity index (χ3v) is 3.29. The molecule has 0 aromatic heterocycles. The van der Waals surface area contributed by atoms with E-state index in [1.165, 1.54) is 6.08 Å². The van der Waals surface area contributed by atoms with Gasteiger partial charge >= 0.3 is 5.97 Å². The van der Waals surface area contributed by atoms with Crippen LogP contribution in [0, 0.1) is 0 Å². The van der Waals surface area contributed by atoms with Gasteiger partial charge in [0.25, 0.3) is 0 Å². The van der Waals surface area contributed by atoms with Crippen LogP contribution in [0.2, 0.25) is 0 Å².